The summed E-state index contributed by atoms with van der Waals surface area (Å²) in [5, 5.41) is 3.59. The van der Waals surface area contributed by atoms with Crippen molar-refractivity contribution in [1.29, 1.82) is 0 Å². The maximum Gasteiger partial charge on any atom is 0.0656 e. The highest BCUT2D eigenvalue weighted by Crippen LogP contribution is 2.34. The van der Waals surface area contributed by atoms with Crippen molar-refractivity contribution in [2.75, 3.05) is 5.32 Å². The number of benzene rings is 2. The van der Waals surface area contributed by atoms with E-state index >= 15 is 0 Å². The van der Waals surface area contributed by atoms with E-state index in [1.54, 1.807) is 0 Å². The molecule has 0 amide bonds. The lowest BCUT2D eigenvalue weighted by molar-refractivity contribution is 1.43. The van der Waals surface area contributed by atoms with Crippen LogP contribution in [0.4, 0.5) is 11.4 Å². The molecular formula is C12H5I6N. The van der Waals surface area contributed by atoms with E-state index in [9.17, 15) is 0 Å². The fourth-order valence-corrected chi connectivity index (χ4v) is 9.15. The van der Waals surface area contributed by atoms with Gasteiger partial charge in [-0.2, -0.15) is 0 Å². The number of nitrogens with one attached hydrogen (secondary N) is 1. The fraction of sp³-hybridized carbons (Fsp3) is 0. The van der Waals surface area contributed by atoms with Crippen molar-refractivity contribution in [2.24, 2.45) is 0 Å². The summed E-state index contributed by atoms with van der Waals surface area (Å²) in [5.74, 6) is 0. The van der Waals surface area contributed by atoms with Gasteiger partial charge in [0.25, 0.3) is 0 Å². The molecule has 0 aliphatic heterocycles. The van der Waals surface area contributed by atoms with Gasteiger partial charge in [0.05, 0.1) is 11.4 Å². The third-order valence-electron chi connectivity index (χ3n) is 2.26. The molecular weight excluding hydrogens is 920 g/mol. The lowest BCUT2D eigenvalue weighted by Gasteiger charge is -2.15. The predicted octanol–water partition coefficient (Wildman–Crippen LogP) is 7.06. The Hall–Kier alpha value is 2.62. The summed E-state index contributed by atoms with van der Waals surface area (Å²) in [6.45, 7) is 0. The van der Waals surface area contributed by atoms with E-state index in [0.29, 0.717) is 0 Å². The second-order valence-electron chi connectivity index (χ2n) is 3.61. The fourth-order valence-electron chi connectivity index (χ4n) is 1.45. The molecule has 0 aliphatic carbocycles. The third kappa shape index (κ3) is 4.79. The molecule has 0 saturated heterocycles. The van der Waals surface area contributed by atoms with Gasteiger partial charge in [0.2, 0.25) is 0 Å². The van der Waals surface area contributed by atoms with Crippen molar-refractivity contribution >= 4 is 147 Å². The Morgan fingerprint density at radius 3 is 1.05 bits per heavy atom. The molecule has 19 heavy (non-hydrogen) atoms. The van der Waals surface area contributed by atoms with Crippen LogP contribution < -0.4 is 5.32 Å². The number of hydrogen-bond acceptors (Lipinski definition) is 1. The molecule has 0 unspecified atom stereocenters. The van der Waals surface area contributed by atoms with Gasteiger partial charge in [-0.05, 0) is 160 Å². The van der Waals surface area contributed by atoms with Gasteiger partial charge < -0.3 is 5.32 Å². The first-order valence-corrected chi connectivity index (χ1v) is 11.4. The largest absolute Gasteiger partial charge is 0.352 e. The topological polar surface area (TPSA) is 12.0 Å². The van der Waals surface area contributed by atoms with Gasteiger partial charge in [0.15, 0.2) is 0 Å². The Labute approximate surface area is 194 Å². The molecule has 0 aliphatic rings. The van der Waals surface area contributed by atoms with E-state index in [2.05, 4.69) is 165 Å². The van der Waals surface area contributed by atoms with Gasteiger partial charge in [-0.15, -0.1) is 0 Å². The van der Waals surface area contributed by atoms with E-state index in [4.69, 9.17) is 0 Å². The van der Waals surface area contributed by atoms with Gasteiger partial charge in [-0.1, -0.05) is 0 Å². The molecule has 0 fully saturated rings. The molecule has 0 atom stereocenters. The van der Waals surface area contributed by atoms with Gasteiger partial charge >= 0.3 is 0 Å². The normalized spacial score (nSPS) is 10.6. The molecule has 2 aromatic carbocycles. The number of anilines is 2. The number of hydrogen-bond donors (Lipinski definition) is 1. The van der Waals surface area contributed by atoms with Crippen molar-refractivity contribution in [2.45, 2.75) is 0 Å². The molecule has 0 spiro atoms. The Morgan fingerprint density at radius 2 is 0.789 bits per heavy atom. The summed E-state index contributed by atoms with van der Waals surface area (Å²) in [6.07, 6.45) is 0. The monoisotopic (exact) mass is 924 g/mol. The van der Waals surface area contributed by atoms with E-state index in [0.717, 1.165) is 0 Å². The van der Waals surface area contributed by atoms with E-state index in [1.807, 2.05) is 0 Å². The standard InChI is InChI=1S/C12H5I6N/c13-5-1-7(15)11(8(16)2-5)19-12-9(17)3-6(14)4-10(12)18/h1-4,19H. The summed E-state index contributed by atoms with van der Waals surface area (Å²) >= 11 is 14.3. The number of rotatable bonds is 2. The van der Waals surface area contributed by atoms with E-state index in [-0.39, 0.29) is 0 Å². The van der Waals surface area contributed by atoms with Crippen LogP contribution in [-0.4, -0.2) is 0 Å². The minimum Gasteiger partial charge on any atom is -0.352 e. The van der Waals surface area contributed by atoms with Crippen molar-refractivity contribution in [3.8, 4) is 0 Å². The molecule has 7 heteroatoms. The van der Waals surface area contributed by atoms with E-state index < -0.39 is 0 Å². The Morgan fingerprint density at radius 1 is 0.526 bits per heavy atom. The average Bonchev–Trinajstić information content (AvgIpc) is 2.25. The molecule has 1 nitrogen and oxygen atoms in total. The summed E-state index contributed by atoms with van der Waals surface area (Å²) in [6, 6.07) is 8.77. The molecule has 0 heterocycles. The summed E-state index contributed by atoms with van der Waals surface area (Å²) < 4.78 is 7.53. The van der Waals surface area contributed by atoms with Crippen LogP contribution in [0.15, 0.2) is 24.3 Å². The molecule has 100 valence electrons. The van der Waals surface area contributed by atoms with Crippen LogP contribution in [0.5, 0.6) is 0 Å². The Bertz CT molecular complexity index is 539. The van der Waals surface area contributed by atoms with Crippen LogP contribution in [0.1, 0.15) is 0 Å². The van der Waals surface area contributed by atoms with Gasteiger partial charge in [0.1, 0.15) is 0 Å². The highest BCUT2D eigenvalue weighted by atomic mass is 127. The predicted molar refractivity (Wildman–Crippen MR) is 132 cm³/mol. The smallest absolute Gasteiger partial charge is 0.0656 e. The van der Waals surface area contributed by atoms with Crippen molar-refractivity contribution < 1.29 is 0 Å². The molecule has 1 N–H and O–H groups in total. The van der Waals surface area contributed by atoms with Crippen molar-refractivity contribution in [1.82, 2.24) is 0 Å². The number of halogens is 6. The minimum absolute atomic E-state index is 1.19. The van der Waals surface area contributed by atoms with Crippen LogP contribution in [0.2, 0.25) is 0 Å². The first-order valence-electron chi connectivity index (χ1n) is 4.94. The summed E-state index contributed by atoms with van der Waals surface area (Å²) in [4.78, 5) is 0. The quantitative estimate of drug-likeness (QED) is 0.319. The molecule has 2 aromatic rings. The highest BCUT2D eigenvalue weighted by molar-refractivity contribution is 14.1. The molecule has 0 aromatic heterocycles. The lowest BCUT2D eigenvalue weighted by atomic mass is 10.3. The SMILES string of the molecule is Ic1cc(I)c(Nc2c(I)cc(I)cc2I)c(I)c1. The molecule has 0 radical (unpaired) electrons. The maximum atomic E-state index is 3.59. The second-order valence-corrected chi connectivity index (χ2v) is 10.8. The van der Waals surface area contributed by atoms with E-state index in [1.165, 1.54) is 32.8 Å². The minimum atomic E-state index is 1.19. The van der Waals surface area contributed by atoms with Gasteiger partial charge in [-0.3, -0.25) is 0 Å². The lowest BCUT2D eigenvalue weighted by Crippen LogP contribution is -2.01. The third-order valence-corrected chi connectivity index (χ3v) is 6.91. The van der Waals surface area contributed by atoms with Crippen molar-refractivity contribution in [3.63, 3.8) is 0 Å². The zero-order valence-corrected chi connectivity index (χ0v) is 22.0. The first kappa shape index (κ1) is 18.0. The van der Waals surface area contributed by atoms with Crippen LogP contribution in [0, 0.1) is 21.4 Å². The Balaban J connectivity index is 2.48. The second kappa shape index (κ2) is 7.94. The van der Waals surface area contributed by atoms with Crippen LogP contribution >= 0.6 is 136 Å². The van der Waals surface area contributed by atoms with Crippen LogP contribution in [-0.2, 0) is 0 Å². The molecule has 2 rings (SSSR count). The van der Waals surface area contributed by atoms with Gasteiger partial charge in [-0.25, -0.2) is 0 Å². The van der Waals surface area contributed by atoms with Crippen LogP contribution in [0.25, 0.3) is 0 Å². The summed E-state index contributed by atoms with van der Waals surface area (Å²) in [5.41, 5.74) is 2.39. The molecule has 0 bridgehead atoms. The average molecular weight is 925 g/mol. The zero-order valence-electron chi connectivity index (χ0n) is 9.08. The zero-order chi connectivity index (χ0) is 14.2. The highest BCUT2D eigenvalue weighted by Gasteiger charge is 2.12. The maximum absolute atomic E-state index is 3.59. The van der Waals surface area contributed by atoms with Gasteiger partial charge in [0, 0.05) is 21.4 Å². The molecule has 0 saturated carbocycles. The summed E-state index contributed by atoms with van der Waals surface area (Å²) in [7, 11) is 0. The first-order chi connectivity index (χ1) is 8.88. The van der Waals surface area contributed by atoms with Crippen LogP contribution in [0.3, 0.4) is 0 Å². The Kier molecular flexibility index (Phi) is 7.51. The van der Waals surface area contributed by atoms with Crippen molar-refractivity contribution in [3.05, 3.63) is 45.7 Å².